The number of halogens is 2. The van der Waals surface area contributed by atoms with Gasteiger partial charge in [0.05, 0.1) is 0 Å². The molecule has 0 aliphatic heterocycles. The van der Waals surface area contributed by atoms with Gasteiger partial charge in [0.2, 0.25) is 0 Å². The van der Waals surface area contributed by atoms with Gasteiger partial charge in [-0.25, -0.2) is 4.39 Å². The van der Waals surface area contributed by atoms with Crippen LogP contribution in [0.5, 0.6) is 0 Å². The van der Waals surface area contributed by atoms with Crippen LogP contribution in [0.15, 0.2) is 18.2 Å². The molecule has 1 aromatic rings. The number of hydrogen-bond donors (Lipinski definition) is 1. The van der Waals surface area contributed by atoms with Crippen molar-refractivity contribution in [3.63, 3.8) is 0 Å². The first-order chi connectivity index (χ1) is 9.61. The summed E-state index contributed by atoms with van der Waals surface area (Å²) in [5.41, 5.74) is 1.28. The summed E-state index contributed by atoms with van der Waals surface area (Å²) in [5.74, 6) is 1.37. The zero-order valence-electron chi connectivity index (χ0n) is 12.5. The van der Waals surface area contributed by atoms with Gasteiger partial charge >= 0.3 is 0 Å². The summed E-state index contributed by atoms with van der Waals surface area (Å²) in [5, 5.41) is 3.71. The van der Waals surface area contributed by atoms with Crippen LogP contribution in [0.3, 0.4) is 0 Å². The van der Waals surface area contributed by atoms with Gasteiger partial charge in [-0.2, -0.15) is 0 Å². The highest BCUT2D eigenvalue weighted by Crippen LogP contribution is 2.38. The molecule has 2 rings (SSSR count). The molecule has 1 nitrogen and oxygen atoms in total. The predicted molar refractivity (Wildman–Crippen MR) is 91.3 cm³/mol. The lowest BCUT2D eigenvalue weighted by Gasteiger charge is -2.34. The topological polar surface area (TPSA) is 12.0 Å². The van der Waals surface area contributed by atoms with Crippen molar-refractivity contribution in [2.75, 3.05) is 6.54 Å². The number of benzene rings is 1. The van der Waals surface area contributed by atoms with Gasteiger partial charge in [0.15, 0.2) is 0 Å². The fourth-order valence-corrected chi connectivity index (χ4v) is 4.18. The van der Waals surface area contributed by atoms with Crippen LogP contribution in [0.1, 0.15) is 57.6 Å². The van der Waals surface area contributed by atoms with E-state index in [-0.39, 0.29) is 5.82 Å². The third kappa shape index (κ3) is 4.17. The Morgan fingerprint density at radius 1 is 1.40 bits per heavy atom. The Balaban J connectivity index is 2.21. The maximum absolute atomic E-state index is 13.3. The molecule has 0 amide bonds. The molecular weight excluding hydrogens is 364 g/mol. The molecule has 3 unspecified atom stereocenters. The van der Waals surface area contributed by atoms with Crippen LogP contribution < -0.4 is 5.32 Å². The van der Waals surface area contributed by atoms with E-state index in [1.807, 2.05) is 6.07 Å². The molecule has 3 heteroatoms. The van der Waals surface area contributed by atoms with Crippen molar-refractivity contribution in [3.05, 3.63) is 33.1 Å². The maximum atomic E-state index is 13.3. The smallest absolute Gasteiger partial charge is 0.124 e. The van der Waals surface area contributed by atoms with Gasteiger partial charge < -0.3 is 5.32 Å². The van der Waals surface area contributed by atoms with Crippen molar-refractivity contribution in [3.8, 4) is 0 Å². The second-order valence-corrected chi connectivity index (χ2v) is 7.29. The van der Waals surface area contributed by atoms with Gasteiger partial charge in [0.1, 0.15) is 5.82 Å². The largest absolute Gasteiger partial charge is 0.310 e. The molecule has 1 fully saturated rings. The van der Waals surface area contributed by atoms with Crippen LogP contribution in [0.4, 0.5) is 4.39 Å². The van der Waals surface area contributed by atoms with E-state index in [0.717, 1.165) is 22.5 Å². The van der Waals surface area contributed by atoms with Crippen molar-refractivity contribution in [1.82, 2.24) is 5.32 Å². The molecule has 0 spiro atoms. The van der Waals surface area contributed by atoms with Crippen LogP contribution in [0.2, 0.25) is 0 Å². The van der Waals surface area contributed by atoms with E-state index in [2.05, 4.69) is 41.8 Å². The van der Waals surface area contributed by atoms with E-state index in [9.17, 15) is 4.39 Å². The molecule has 1 aromatic carbocycles. The molecule has 112 valence electrons. The van der Waals surface area contributed by atoms with Gasteiger partial charge in [-0.05, 0) is 77.9 Å². The van der Waals surface area contributed by atoms with Crippen molar-refractivity contribution in [2.45, 2.75) is 52.0 Å². The number of hydrogen-bond acceptors (Lipinski definition) is 1. The van der Waals surface area contributed by atoms with Crippen LogP contribution in [0.25, 0.3) is 0 Å². The predicted octanol–water partition coefficient (Wildman–Crippen LogP) is 5.30. The highest BCUT2D eigenvalue weighted by Gasteiger charge is 2.28. The second kappa shape index (κ2) is 7.74. The minimum atomic E-state index is -0.135. The Hall–Kier alpha value is -0.160. The third-order valence-corrected chi connectivity index (χ3v) is 5.29. The van der Waals surface area contributed by atoms with Gasteiger partial charge in [-0.1, -0.05) is 32.8 Å². The quantitative estimate of drug-likeness (QED) is 0.675. The zero-order chi connectivity index (χ0) is 14.5. The first kappa shape index (κ1) is 16.2. The monoisotopic (exact) mass is 389 g/mol. The molecule has 1 saturated carbocycles. The molecular formula is C17H25FIN. The molecule has 1 aliphatic rings. The fourth-order valence-electron chi connectivity index (χ4n) is 3.37. The van der Waals surface area contributed by atoms with Gasteiger partial charge in [0, 0.05) is 9.61 Å². The minimum Gasteiger partial charge on any atom is -0.310 e. The summed E-state index contributed by atoms with van der Waals surface area (Å²) in [7, 11) is 0. The average Bonchev–Trinajstić information content (AvgIpc) is 2.41. The van der Waals surface area contributed by atoms with Crippen LogP contribution in [-0.2, 0) is 0 Å². The molecule has 0 saturated heterocycles. The van der Waals surface area contributed by atoms with Crippen LogP contribution >= 0.6 is 22.6 Å². The minimum absolute atomic E-state index is 0.135. The van der Waals surface area contributed by atoms with E-state index in [0.29, 0.717) is 12.0 Å². The lowest BCUT2D eigenvalue weighted by molar-refractivity contribution is 0.223. The normalized spacial score (nSPS) is 24.6. The first-order valence-corrected chi connectivity index (χ1v) is 8.88. The summed E-state index contributed by atoms with van der Waals surface area (Å²) in [6, 6.07) is 5.61. The molecule has 0 aromatic heterocycles. The highest BCUT2D eigenvalue weighted by atomic mass is 127. The zero-order valence-corrected chi connectivity index (χ0v) is 14.6. The van der Waals surface area contributed by atoms with Crippen LogP contribution in [-0.4, -0.2) is 6.54 Å². The van der Waals surface area contributed by atoms with Gasteiger partial charge in [-0.3, -0.25) is 0 Å². The Morgan fingerprint density at radius 2 is 2.20 bits per heavy atom. The Morgan fingerprint density at radius 3 is 2.85 bits per heavy atom. The summed E-state index contributed by atoms with van der Waals surface area (Å²) >= 11 is 2.27. The van der Waals surface area contributed by atoms with Gasteiger partial charge in [-0.15, -0.1) is 0 Å². The van der Waals surface area contributed by atoms with E-state index >= 15 is 0 Å². The molecule has 3 atom stereocenters. The number of rotatable bonds is 5. The Labute approximate surface area is 135 Å². The van der Waals surface area contributed by atoms with Crippen molar-refractivity contribution < 1.29 is 4.39 Å². The van der Waals surface area contributed by atoms with Gasteiger partial charge in [0.25, 0.3) is 0 Å². The van der Waals surface area contributed by atoms with E-state index < -0.39 is 0 Å². The SMILES string of the molecule is CCCNC(c1ccc(F)cc1I)C1CCCC(C)C1. The van der Waals surface area contributed by atoms with Crippen molar-refractivity contribution in [2.24, 2.45) is 11.8 Å². The second-order valence-electron chi connectivity index (χ2n) is 6.13. The maximum Gasteiger partial charge on any atom is 0.124 e. The van der Waals surface area contributed by atoms with E-state index in [4.69, 9.17) is 0 Å². The molecule has 1 N–H and O–H groups in total. The fraction of sp³-hybridized carbons (Fsp3) is 0.647. The first-order valence-electron chi connectivity index (χ1n) is 7.80. The number of nitrogens with one attached hydrogen (secondary N) is 1. The molecule has 0 radical (unpaired) electrons. The van der Waals surface area contributed by atoms with Crippen molar-refractivity contribution in [1.29, 1.82) is 0 Å². The standard InChI is InChI=1S/C17H25FIN/c1-3-9-20-17(13-6-4-5-12(2)10-13)15-8-7-14(18)11-16(15)19/h7-8,11-13,17,20H,3-6,9-10H2,1-2H3. The van der Waals surface area contributed by atoms with Crippen molar-refractivity contribution >= 4 is 22.6 Å². The summed E-state index contributed by atoms with van der Waals surface area (Å²) in [6.07, 6.45) is 6.40. The lowest BCUT2D eigenvalue weighted by Crippen LogP contribution is -2.32. The molecule has 20 heavy (non-hydrogen) atoms. The molecule has 1 aliphatic carbocycles. The van der Waals surface area contributed by atoms with E-state index in [1.54, 1.807) is 12.1 Å². The third-order valence-electron chi connectivity index (χ3n) is 4.36. The summed E-state index contributed by atoms with van der Waals surface area (Å²) in [6.45, 7) is 5.59. The highest BCUT2D eigenvalue weighted by molar-refractivity contribution is 14.1. The molecule has 0 bridgehead atoms. The van der Waals surface area contributed by atoms with Crippen LogP contribution in [0, 0.1) is 21.2 Å². The summed E-state index contributed by atoms with van der Waals surface area (Å²) < 4.78 is 14.4. The lowest BCUT2D eigenvalue weighted by atomic mass is 9.76. The Kier molecular flexibility index (Phi) is 6.27. The molecule has 0 heterocycles. The Bertz CT molecular complexity index is 435. The summed E-state index contributed by atoms with van der Waals surface area (Å²) in [4.78, 5) is 0. The van der Waals surface area contributed by atoms with E-state index in [1.165, 1.54) is 31.2 Å². The average molecular weight is 389 g/mol.